The van der Waals surface area contributed by atoms with Crippen LogP contribution in [0.25, 0.3) is 0 Å². The third-order valence-corrected chi connectivity index (χ3v) is 3.70. The van der Waals surface area contributed by atoms with E-state index in [1.807, 2.05) is 12.2 Å². The van der Waals surface area contributed by atoms with Crippen LogP contribution in [0.5, 0.6) is 0 Å². The number of aliphatic carboxylic acids is 1. The predicted molar refractivity (Wildman–Crippen MR) is 72.9 cm³/mol. The summed E-state index contributed by atoms with van der Waals surface area (Å²) in [6.45, 7) is -0.122. The van der Waals surface area contributed by atoms with E-state index in [0.29, 0.717) is 25.7 Å². The quantitative estimate of drug-likeness (QED) is 0.303. The van der Waals surface area contributed by atoms with Crippen molar-refractivity contribution >= 4 is 11.8 Å². The van der Waals surface area contributed by atoms with Gasteiger partial charge in [0.25, 0.3) is 0 Å². The van der Waals surface area contributed by atoms with E-state index in [9.17, 15) is 19.7 Å². The lowest BCUT2D eigenvalue weighted by molar-refractivity contribution is -0.489. The Bertz CT molecular complexity index is 391. The van der Waals surface area contributed by atoms with Crippen molar-refractivity contribution in [1.82, 2.24) is 0 Å². The van der Waals surface area contributed by atoms with Gasteiger partial charge < -0.3 is 5.11 Å². The van der Waals surface area contributed by atoms with Gasteiger partial charge >= 0.3 is 5.97 Å². The van der Waals surface area contributed by atoms with E-state index < -0.39 is 5.97 Å². The van der Waals surface area contributed by atoms with Crippen LogP contribution >= 0.6 is 0 Å². The summed E-state index contributed by atoms with van der Waals surface area (Å²) in [6, 6.07) is 0. The van der Waals surface area contributed by atoms with Crippen molar-refractivity contribution < 1.29 is 19.6 Å². The van der Waals surface area contributed by atoms with Gasteiger partial charge in [-0.15, -0.1) is 0 Å². The molecule has 0 radical (unpaired) electrons. The Balaban J connectivity index is 2.26. The number of carboxylic acid groups (broad SMARTS) is 1. The highest BCUT2D eigenvalue weighted by molar-refractivity contribution is 5.83. The van der Waals surface area contributed by atoms with Crippen LogP contribution in [-0.2, 0) is 9.59 Å². The molecule has 1 rings (SSSR count). The van der Waals surface area contributed by atoms with Crippen molar-refractivity contribution in [1.29, 1.82) is 0 Å². The van der Waals surface area contributed by atoms with Crippen LogP contribution in [0.4, 0.5) is 0 Å². The molecule has 2 unspecified atom stereocenters. The minimum atomic E-state index is -0.784. The average molecular weight is 283 g/mol. The summed E-state index contributed by atoms with van der Waals surface area (Å²) in [4.78, 5) is 32.2. The summed E-state index contributed by atoms with van der Waals surface area (Å²) in [6.07, 6.45) is 7.90. The number of nitrogens with zero attached hydrogens (tertiary/aromatic N) is 1. The fourth-order valence-electron chi connectivity index (χ4n) is 2.61. The van der Waals surface area contributed by atoms with Gasteiger partial charge in [-0.25, -0.2) is 0 Å². The lowest BCUT2D eigenvalue weighted by atomic mass is 9.92. The smallest absolute Gasteiger partial charge is 0.303 e. The zero-order chi connectivity index (χ0) is 15.0. The Morgan fingerprint density at radius 2 is 2.15 bits per heavy atom. The normalized spacial score (nSPS) is 22.5. The Hall–Kier alpha value is -1.72. The number of carbonyl (C=O) groups excluding carboxylic acids is 1. The van der Waals surface area contributed by atoms with Gasteiger partial charge in [-0.3, -0.25) is 19.7 Å². The summed E-state index contributed by atoms with van der Waals surface area (Å²) >= 11 is 0. The summed E-state index contributed by atoms with van der Waals surface area (Å²) in [7, 11) is 0. The molecule has 1 saturated carbocycles. The molecule has 0 aromatic carbocycles. The number of hydrogen-bond acceptors (Lipinski definition) is 4. The third-order valence-electron chi connectivity index (χ3n) is 3.70. The molecule has 0 heterocycles. The van der Waals surface area contributed by atoms with Gasteiger partial charge in [-0.05, 0) is 32.1 Å². The van der Waals surface area contributed by atoms with Crippen molar-refractivity contribution in [3.8, 4) is 0 Å². The number of nitro groups is 1. The SMILES string of the molecule is O=C(O)CCCCC=CCC1C(=O)CCC1C[N+](=O)[O-]. The first-order valence-electron chi connectivity index (χ1n) is 7.02. The number of carboxylic acids is 1. The molecule has 0 aromatic heterocycles. The zero-order valence-electron chi connectivity index (χ0n) is 11.5. The van der Waals surface area contributed by atoms with Crippen LogP contribution in [0.1, 0.15) is 44.9 Å². The molecule has 0 aromatic rings. The Morgan fingerprint density at radius 1 is 1.40 bits per heavy atom. The summed E-state index contributed by atoms with van der Waals surface area (Å²) < 4.78 is 0. The van der Waals surface area contributed by atoms with Crippen molar-refractivity contribution in [2.75, 3.05) is 6.54 Å². The van der Waals surface area contributed by atoms with Crippen molar-refractivity contribution in [2.45, 2.75) is 44.9 Å². The molecule has 6 heteroatoms. The number of rotatable bonds is 9. The van der Waals surface area contributed by atoms with Gasteiger partial charge in [0.05, 0.1) is 0 Å². The molecule has 1 aliphatic carbocycles. The minimum Gasteiger partial charge on any atom is -0.481 e. The monoisotopic (exact) mass is 283 g/mol. The standard InChI is InChI=1S/C14H21NO5/c16-13-9-8-11(10-15(19)20)12(13)6-4-2-1-3-5-7-14(17)18/h2,4,11-12H,1,3,5-10H2,(H,17,18). The highest BCUT2D eigenvalue weighted by atomic mass is 16.6. The summed E-state index contributed by atoms with van der Waals surface area (Å²) in [5, 5.41) is 19.0. The number of hydrogen-bond donors (Lipinski definition) is 1. The molecule has 0 amide bonds. The largest absolute Gasteiger partial charge is 0.481 e. The molecule has 0 bridgehead atoms. The van der Waals surface area contributed by atoms with E-state index in [4.69, 9.17) is 5.11 Å². The van der Waals surface area contributed by atoms with Crippen LogP contribution in [0, 0.1) is 22.0 Å². The average Bonchev–Trinajstić information content (AvgIpc) is 2.68. The van der Waals surface area contributed by atoms with E-state index in [2.05, 4.69) is 0 Å². The van der Waals surface area contributed by atoms with Crippen LogP contribution in [0.2, 0.25) is 0 Å². The molecular weight excluding hydrogens is 262 g/mol. The van der Waals surface area contributed by atoms with Gasteiger partial charge in [0.15, 0.2) is 0 Å². The van der Waals surface area contributed by atoms with Gasteiger partial charge in [0.1, 0.15) is 5.78 Å². The number of allylic oxidation sites excluding steroid dienone is 2. The van der Waals surface area contributed by atoms with E-state index in [-0.39, 0.29) is 35.5 Å². The van der Waals surface area contributed by atoms with Crippen molar-refractivity contribution in [3.05, 3.63) is 22.3 Å². The molecule has 0 aliphatic heterocycles. The zero-order valence-corrected chi connectivity index (χ0v) is 11.5. The van der Waals surface area contributed by atoms with Crippen molar-refractivity contribution in [2.24, 2.45) is 11.8 Å². The molecule has 0 spiro atoms. The number of carbonyl (C=O) groups is 2. The Labute approximate surface area is 118 Å². The molecule has 1 N–H and O–H groups in total. The van der Waals surface area contributed by atoms with E-state index in [1.165, 1.54) is 0 Å². The molecule has 1 fully saturated rings. The summed E-state index contributed by atoms with van der Waals surface area (Å²) in [5.74, 6) is -0.995. The Morgan fingerprint density at radius 3 is 2.80 bits per heavy atom. The first kappa shape index (κ1) is 16.3. The van der Waals surface area contributed by atoms with Crippen LogP contribution in [0.3, 0.4) is 0 Å². The Kier molecular flexibility index (Phi) is 6.90. The number of Topliss-reactive ketones (excluding diaryl/α,β-unsaturated/α-hetero) is 1. The maximum absolute atomic E-state index is 11.7. The molecular formula is C14H21NO5. The number of unbranched alkanes of at least 4 members (excludes halogenated alkanes) is 2. The van der Waals surface area contributed by atoms with Crippen LogP contribution in [-0.4, -0.2) is 28.3 Å². The predicted octanol–water partition coefficient (Wildman–Crippen LogP) is 2.45. The van der Waals surface area contributed by atoms with Gasteiger partial charge in [0.2, 0.25) is 6.54 Å². The molecule has 0 saturated heterocycles. The van der Waals surface area contributed by atoms with Crippen LogP contribution < -0.4 is 0 Å². The highest BCUT2D eigenvalue weighted by Crippen LogP contribution is 2.31. The van der Waals surface area contributed by atoms with E-state index in [1.54, 1.807) is 0 Å². The minimum absolute atomic E-state index is 0.122. The van der Waals surface area contributed by atoms with Gasteiger partial charge in [-0.2, -0.15) is 0 Å². The van der Waals surface area contributed by atoms with Crippen LogP contribution in [0.15, 0.2) is 12.2 Å². The maximum atomic E-state index is 11.7. The first-order valence-corrected chi connectivity index (χ1v) is 7.02. The second-order valence-corrected chi connectivity index (χ2v) is 5.23. The lowest BCUT2D eigenvalue weighted by Gasteiger charge is -2.12. The molecule has 20 heavy (non-hydrogen) atoms. The molecule has 6 nitrogen and oxygen atoms in total. The topological polar surface area (TPSA) is 97.5 Å². The second kappa shape index (κ2) is 8.45. The fourth-order valence-corrected chi connectivity index (χ4v) is 2.61. The van der Waals surface area contributed by atoms with Gasteiger partial charge in [-0.1, -0.05) is 12.2 Å². The van der Waals surface area contributed by atoms with E-state index in [0.717, 1.165) is 12.8 Å². The third kappa shape index (κ3) is 5.95. The molecule has 2 atom stereocenters. The lowest BCUT2D eigenvalue weighted by Crippen LogP contribution is -2.21. The van der Waals surface area contributed by atoms with Gasteiger partial charge in [0, 0.05) is 29.6 Å². The first-order chi connectivity index (χ1) is 9.50. The molecule has 1 aliphatic rings. The second-order valence-electron chi connectivity index (χ2n) is 5.23. The van der Waals surface area contributed by atoms with Crippen molar-refractivity contribution in [3.63, 3.8) is 0 Å². The number of ketones is 1. The molecule has 112 valence electrons. The highest BCUT2D eigenvalue weighted by Gasteiger charge is 2.36. The fraction of sp³-hybridized carbons (Fsp3) is 0.714. The van der Waals surface area contributed by atoms with E-state index >= 15 is 0 Å². The maximum Gasteiger partial charge on any atom is 0.303 e. The summed E-state index contributed by atoms with van der Waals surface area (Å²) in [5.41, 5.74) is 0.